The number of halogens is 1. The van der Waals surface area contributed by atoms with Gasteiger partial charge in [-0.15, -0.1) is 11.6 Å². The van der Waals surface area contributed by atoms with E-state index < -0.39 is 5.50 Å². The van der Waals surface area contributed by atoms with Crippen LogP contribution in [0.15, 0.2) is 24.3 Å². The normalized spacial score (nSPS) is 13.5. The summed E-state index contributed by atoms with van der Waals surface area (Å²) in [6.07, 6.45) is 0. The van der Waals surface area contributed by atoms with Gasteiger partial charge in [0.25, 0.3) is 0 Å². The van der Waals surface area contributed by atoms with E-state index in [0.29, 0.717) is 0 Å². The first kappa shape index (κ1) is 8.60. The molecule has 68 valence electrons. The summed E-state index contributed by atoms with van der Waals surface area (Å²) in [6, 6.07) is 8.02. The highest BCUT2D eigenvalue weighted by atomic mass is 35.5. The zero-order chi connectivity index (χ0) is 9.42. The Balaban J connectivity index is 2.78. The molecule has 13 heavy (non-hydrogen) atoms. The molecule has 0 radical (unpaired) electrons. The molecule has 0 bridgehead atoms. The predicted molar refractivity (Wildman–Crippen MR) is 55.8 cm³/mol. The van der Waals surface area contributed by atoms with Crippen molar-refractivity contribution < 1.29 is 0 Å². The smallest absolute Gasteiger partial charge is 0.108 e. The van der Waals surface area contributed by atoms with Crippen LogP contribution in [0.3, 0.4) is 0 Å². The summed E-state index contributed by atoms with van der Waals surface area (Å²) in [6.45, 7) is 1.98. The van der Waals surface area contributed by atoms with Gasteiger partial charge < -0.3 is 10.7 Å². The summed E-state index contributed by atoms with van der Waals surface area (Å²) in [4.78, 5) is 3.24. The number of aromatic amines is 1. The summed E-state index contributed by atoms with van der Waals surface area (Å²) in [5.74, 6) is 0. The van der Waals surface area contributed by atoms with Crippen LogP contribution in [-0.4, -0.2) is 4.98 Å². The summed E-state index contributed by atoms with van der Waals surface area (Å²) < 4.78 is 0. The number of aryl methyl sites for hydroxylation is 1. The highest BCUT2D eigenvalue weighted by Crippen LogP contribution is 2.27. The minimum atomic E-state index is -0.434. The van der Waals surface area contributed by atoms with E-state index in [2.05, 4.69) is 4.98 Å². The Bertz CT molecular complexity index is 431. The minimum Gasteiger partial charge on any atom is -0.358 e. The van der Waals surface area contributed by atoms with Crippen LogP contribution in [0.1, 0.15) is 16.8 Å². The Morgan fingerprint density at radius 1 is 1.38 bits per heavy atom. The van der Waals surface area contributed by atoms with Crippen LogP contribution in [0.25, 0.3) is 10.9 Å². The average Bonchev–Trinajstić information content (AvgIpc) is 2.39. The van der Waals surface area contributed by atoms with Gasteiger partial charge in [0.1, 0.15) is 5.50 Å². The van der Waals surface area contributed by atoms with Gasteiger partial charge in [0.2, 0.25) is 0 Å². The number of fused-ring (bicyclic) bond motifs is 1. The number of hydrogen-bond acceptors (Lipinski definition) is 1. The number of benzene rings is 1. The number of rotatable bonds is 1. The predicted octanol–water partition coefficient (Wildman–Crippen LogP) is 2.67. The van der Waals surface area contributed by atoms with Crippen LogP contribution >= 0.6 is 11.6 Å². The van der Waals surface area contributed by atoms with Gasteiger partial charge in [-0.3, -0.25) is 0 Å². The molecular weight excluding hydrogens is 184 g/mol. The van der Waals surface area contributed by atoms with E-state index in [1.165, 1.54) is 0 Å². The van der Waals surface area contributed by atoms with Crippen LogP contribution < -0.4 is 5.73 Å². The molecule has 1 heterocycles. The monoisotopic (exact) mass is 194 g/mol. The quantitative estimate of drug-likeness (QED) is 0.532. The van der Waals surface area contributed by atoms with Crippen LogP contribution in [0.5, 0.6) is 0 Å². The number of para-hydroxylation sites is 1. The molecule has 0 saturated carbocycles. The third-order valence-electron chi connectivity index (χ3n) is 2.22. The first-order valence-electron chi connectivity index (χ1n) is 4.17. The lowest BCUT2D eigenvalue weighted by Gasteiger charge is -2.02. The molecule has 1 aromatic heterocycles. The second-order valence-corrected chi connectivity index (χ2v) is 3.58. The number of hydrogen-bond donors (Lipinski definition) is 2. The number of aromatic nitrogens is 1. The van der Waals surface area contributed by atoms with Crippen molar-refractivity contribution in [2.45, 2.75) is 12.4 Å². The number of H-pyrrole nitrogens is 1. The van der Waals surface area contributed by atoms with Crippen molar-refractivity contribution in [1.29, 1.82) is 0 Å². The lowest BCUT2D eigenvalue weighted by molar-refractivity contribution is 1.01. The molecule has 2 rings (SSSR count). The standard InChI is InChI=1S/C10H11ClN2/c1-6-9(10(11)12)7-4-2-3-5-8(7)13-6/h2-5,10,13H,12H2,1H3. The minimum absolute atomic E-state index is 0.434. The molecule has 2 aromatic rings. The van der Waals surface area contributed by atoms with Crippen molar-refractivity contribution in [3.8, 4) is 0 Å². The zero-order valence-electron chi connectivity index (χ0n) is 7.34. The first-order valence-corrected chi connectivity index (χ1v) is 4.60. The Labute approximate surface area is 81.7 Å². The van der Waals surface area contributed by atoms with Gasteiger partial charge in [-0.2, -0.15) is 0 Å². The van der Waals surface area contributed by atoms with Gasteiger partial charge in [0, 0.05) is 22.2 Å². The van der Waals surface area contributed by atoms with Crippen molar-refractivity contribution in [3.63, 3.8) is 0 Å². The topological polar surface area (TPSA) is 41.8 Å². The molecule has 1 unspecified atom stereocenters. The lowest BCUT2D eigenvalue weighted by atomic mass is 10.1. The molecule has 0 aliphatic rings. The van der Waals surface area contributed by atoms with E-state index in [1.54, 1.807) is 0 Å². The van der Waals surface area contributed by atoms with E-state index in [1.807, 2.05) is 31.2 Å². The molecule has 0 spiro atoms. The Morgan fingerprint density at radius 2 is 2.08 bits per heavy atom. The Kier molecular flexibility index (Phi) is 2.02. The summed E-state index contributed by atoms with van der Waals surface area (Å²) in [5, 5.41) is 1.11. The van der Waals surface area contributed by atoms with Crippen molar-refractivity contribution >= 4 is 22.5 Å². The van der Waals surface area contributed by atoms with E-state index >= 15 is 0 Å². The molecule has 3 N–H and O–H groups in total. The molecule has 0 amide bonds. The maximum atomic E-state index is 5.89. The molecule has 0 aliphatic carbocycles. The second kappa shape index (κ2) is 3.05. The van der Waals surface area contributed by atoms with Gasteiger partial charge in [-0.05, 0) is 13.0 Å². The van der Waals surface area contributed by atoms with Gasteiger partial charge in [0.15, 0.2) is 0 Å². The summed E-state index contributed by atoms with van der Waals surface area (Å²) in [5.41, 5.74) is 8.37. The van der Waals surface area contributed by atoms with Gasteiger partial charge >= 0.3 is 0 Å². The molecule has 1 aromatic carbocycles. The average molecular weight is 195 g/mol. The van der Waals surface area contributed by atoms with Crippen molar-refractivity contribution in [2.75, 3.05) is 0 Å². The van der Waals surface area contributed by atoms with Gasteiger partial charge in [-0.25, -0.2) is 0 Å². The maximum Gasteiger partial charge on any atom is 0.108 e. The fourth-order valence-electron chi connectivity index (χ4n) is 1.65. The highest BCUT2D eigenvalue weighted by Gasteiger charge is 2.11. The Morgan fingerprint density at radius 3 is 2.77 bits per heavy atom. The third-order valence-corrected chi connectivity index (χ3v) is 2.44. The van der Waals surface area contributed by atoms with Crippen LogP contribution in [-0.2, 0) is 0 Å². The highest BCUT2D eigenvalue weighted by molar-refractivity contribution is 6.21. The van der Waals surface area contributed by atoms with Crippen molar-refractivity contribution in [1.82, 2.24) is 4.98 Å². The van der Waals surface area contributed by atoms with E-state index in [-0.39, 0.29) is 0 Å². The Hall–Kier alpha value is -0.990. The van der Waals surface area contributed by atoms with E-state index in [9.17, 15) is 0 Å². The van der Waals surface area contributed by atoms with Gasteiger partial charge in [-0.1, -0.05) is 18.2 Å². The first-order chi connectivity index (χ1) is 6.20. The SMILES string of the molecule is Cc1[nH]c2ccccc2c1C(N)Cl. The van der Waals surface area contributed by atoms with Crippen molar-refractivity contribution in [2.24, 2.45) is 5.73 Å². The summed E-state index contributed by atoms with van der Waals surface area (Å²) >= 11 is 5.89. The summed E-state index contributed by atoms with van der Waals surface area (Å²) in [7, 11) is 0. The molecule has 3 heteroatoms. The van der Waals surface area contributed by atoms with E-state index in [4.69, 9.17) is 17.3 Å². The molecule has 0 saturated heterocycles. The number of alkyl halides is 1. The van der Waals surface area contributed by atoms with E-state index in [0.717, 1.165) is 22.2 Å². The van der Waals surface area contributed by atoms with Crippen LogP contribution in [0.2, 0.25) is 0 Å². The fourth-order valence-corrected chi connectivity index (χ4v) is 1.93. The molecular formula is C10H11ClN2. The van der Waals surface area contributed by atoms with Gasteiger partial charge in [0.05, 0.1) is 0 Å². The fraction of sp³-hybridized carbons (Fsp3) is 0.200. The molecule has 0 aliphatic heterocycles. The molecule has 2 nitrogen and oxygen atoms in total. The molecule has 0 fully saturated rings. The number of nitrogens with two attached hydrogens (primary N) is 1. The lowest BCUT2D eigenvalue weighted by Crippen LogP contribution is -2.02. The largest absolute Gasteiger partial charge is 0.358 e. The third kappa shape index (κ3) is 1.32. The maximum absolute atomic E-state index is 5.89. The van der Waals surface area contributed by atoms with Crippen molar-refractivity contribution in [3.05, 3.63) is 35.5 Å². The zero-order valence-corrected chi connectivity index (χ0v) is 8.10. The van der Waals surface area contributed by atoms with Crippen LogP contribution in [0.4, 0.5) is 0 Å². The molecule has 1 atom stereocenters. The van der Waals surface area contributed by atoms with Crippen LogP contribution in [0, 0.1) is 6.92 Å². The second-order valence-electron chi connectivity index (χ2n) is 3.11. The number of nitrogens with one attached hydrogen (secondary N) is 1.